The third kappa shape index (κ3) is 5.05. The molecule has 0 aliphatic carbocycles. The Kier molecular flexibility index (Phi) is 6.43. The van der Waals surface area contributed by atoms with Crippen molar-refractivity contribution in [3.63, 3.8) is 0 Å². The Morgan fingerprint density at radius 1 is 1.07 bits per heavy atom. The SMILES string of the molecule is Cc1ccc([C@H]2C[C@@H](O)C[C@@H](CO)O2)cc1Cc1ccc(Oc2cccnc2)cc1. The molecule has 0 saturated carbocycles. The van der Waals surface area contributed by atoms with Crippen LogP contribution >= 0.6 is 0 Å². The van der Waals surface area contributed by atoms with Gasteiger partial charge in [0.2, 0.25) is 0 Å². The summed E-state index contributed by atoms with van der Waals surface area (Å²) in [6.07, 6.45) is 4.29. The van der Waals surface area contributed by atoms with E-state index in [1.165, 1.54) is 16.7 Å². The number of hydrogen-bond donors (Lipinski definition) is 2. The first kappa shape index (κ1) is 20.5. The lowest BCUT2D eigenvalue weighted by molar-refractivity contribution is -0.113. The van der Waals surface area contributed by atoms with Gasteiger partial charge in [-0.25, -0.2) is 0 Å². The summed E-state index contributed by atoms with van der Waals surface area (Å²) in [6.45, 7) is 2.03. The number of ether oxygens (including phenoxy) is 2. The molecule has 1 fully saturated rings. The van der Waals surface area contributed by atoms with Crippen LogP contribution in [0.2, 0.25) is 0 Å². The van der Waals surface area contributed by atoms with Crippen LogP contribution in [0.25, 0.3) is 0 Å². The van der Waals surface area contributed by atoms with Crippen LogP contribution in [0.4, 0.5) is 0 Å². The van der Waals surface area contributed by atoms with Crippen molar-refractivity contribution in [3.05, 3.63) is 89.2 Å². The zero-order chi connectivity index (χ0) is 20.9. The number of pyridine rings is 1. The molecule has 1 aliphatic rings. The molecule has 0 spiro atoms. The minimum absolute atomic E-state index is 0.0697. The van der Waals surface area contributed by atoms with Crippen molar-refractivity contribution in [3.8, 4) is 11.5 Å². The molecule has 3 atom stereocenters. The summed E-state index contributed by atoms with van der Waals surface area (Å²) in [4.78, 5) is 4.06. The average Bonchev–Trinajstić information content (AvgIpc) is 2.77. The molecule has 1 aliphatic heterocycles. The van der Waals surface area contributed by atoms with Crippen molar-refractivity contribution in [2.45, 2.75) is 44.5 Å². The van der Waals surface area contributed by atoms with Gasteiger partial charge in [-0.05, 0) is 59.9 Å². The number of aromatic nitrogens is 1. The number of aliphatic hydroxyl groups excluding tert-OH is 2. The first-order valence-electron chi connectivity index (χ1n) is 10.3. The van der Waals surface area contributed by atoms with Crippen LogP contribution < -0.4 is 4.74 Å². The van der Waals surface area contributed by atoms with Gasteiger partial charge in [0.05, 0.1) is 31.1 Å². The molecule has 1 saturated heterocycles. The van der Waals surface area contributed by atoms with Gasteiger partial charge >= 0.3 is 0 Å². The van der Waals surface area contributed by atoms with Gasteiger partial charge in [-0.15, -0.1) is 0 Å². The second-order valence-electron chi connectivity index (χ2n) is 7.85. The molecule has 0 amide bonds. The summed E-state index contributed by atoms with van der Waals surface area (Å²) < 4.78 is 11.8. The summed E-state index contributed by atoms with van der Waals surface area (Å²) in [6, 6.07) is 18.1. The van der Waals surface area contributed by atoms with Crippen LogP contribution in [0.3, 0.4) is 0 Å². The van der Waals surface area contributed by atoms with E-state index in [0.29, 0.717) is 18.6 Å². The lowest BCUT2D eigenvalue weighted by Gasteiger charge is -2.32. The molecule has 30 heavy (non-hydrogen) atoms. The van der Waals surface area contributed by atoms with Gasteiger partial charge in [0.25, 0.3) is 0 Å². The van der Waals surface area contributed by atoms with Crippen molar-refractivity contribution in [1.29, 1.82) is 0 Å². The smallest absolute Gasteiger partial charge is 0.145 e. The Labute approximate surface area is 176 Å². The van der Waals surface area contributed by atoms with Crippen molar-refractivity contribution in [1.82, 2.24) is 4.98 Å². The molecule has 4 rings (SSSR count). The van der Waals surface area contributed by atoms with E-state index >= 15 is 0 Å². The summed E-state index contributed by atoms with van der Waals surface area (Å²) in [5, 5.41) is 19.6. The molecule has 0 radical (unpaired) electrons. The highest BCUT2D eigenvalue weighted by Gasteiger charge is 2.29. The molecule has 2 aromatic carbocycles. The normalized spacial score (nSPS) is 21.4. The fourth-order valence-electron chi connectivity index (χ4n) is 3.84. The van der Waals surface area contributed by atoms with Crippen molar-refractivity contribution < 1.29 is 19.7 Å². The molecule has 5 heteroatoms. The molecule has 0 unspecified atom stereocenters. The van der Waals surface area contributed by atoms with Crippen molar-refractivity contribution >= 4 is 0 Å². The number of benzene rings is 2. The summed E-state index contributed by atoms with van der Waals surface area (Å²) in [7, 11) is 0. The van der Waals surface area contributed by atoms with E-state index in [2.05, 4.69) is 42.2 Å². The highest BCUT2D eigenvalue weighted by Crippen LogP contribution is 2.33. The summed E-state index contributed by atoms with van der Waals surface area (Å²) in [5.41, 5.74) is 4.66. The zero-order valence-electron chi connectivity index (χ0n) is 17.1. The van der Waals surface area contributed by atoms with E-state index in [9.17, 15) is 10.2 Å². The van der Waals surface area contributed by atoms with Gasteiger partial charge in [-0.1, -0.05) is 30.3 Å². The molecule has 1 aromatic heterocycles. The predicted molar refractivity (Wildman–Crippen MR) is 115 cm³/mol. The first-order chi connectivity index (χ1) is 14.6. The largest absolute Gasteiger partial charge is 0.456 e. The molecule has 0 bridgehead atoms. The molecule has 2 heterocycles. The standard InChI is InChI=1S/C25H27NO4/c1-17-4-7-19(25-14-21(28)13-24(16-27)30-25)12-20(17)11-18-5-8-22(9-6-18)29-23-3-2-10-26-15-23/h2-10,12,15,21,24-25,27-28H,11,13-14,16H2,1H3/t21-,24-,25+/m0/s1. The topological polar surface area (TPSA) is 71.8 Å². The number of aliphatic hydroxyl groups is 2. The van der Waals surface area contributed by atoms with Crippen LogP contribution in [-0.2, 0) is 11.2 Å². The predicted octanol–water partition coefficient (Wildman–Crippen LogP) is 4.35. The second kappa shape index (κ2) is 9.39. The van der Waals surface area contributed by atoms with Gasteiger partial charge in [-0.3, -0.25) is 4.98 Å². The minimum Gasteiger partial charge on any atom is -0.456 e. The lowest BCUT2D eigenvalue weighted by Crippen LogP contribution is -2.33. The monoisotopic (exact) mass is 405 g/mol. The van der Waals surface area contributed by atoms with E-state index in [-0.39, 0.29) is 18.8 Å². The first-order valence-corrected chi connectivity index (χ1v) is 10.3. The molecule has 2 N–H and O–H groups in total. The van der Waals surface area contributed by atoms with Gasteiger partial charge < -0.3 is 19.7 Å². The van der Waals surface area contributed by atoms with Gasteiger partial charge in [-0.2, -0.15) is 0 Å². The number of aryl methyl sites for hydroxylation is 1. The molecular formula is C25H27NO4. The van der Waals surface area contributed by atoms with Gasteiger partial charge in [0, 0.05) is 19.0 Å². The fourth-order valence-corrected chi connectivity index (χ4v) is 3.84. The van der Waals surface area contributed by atoms with E-state index in [0.717, 1.165) is 17.7 Å². The average molecular weight is 405 g/mol. The third-order valence-electron chi connectivity index (χ3n) is 5.51. The Morgan fingerprint density at radius 3 is 2.63 bits per heavy atom. The number of nitrogens with zero attached hydrogens (tertiary/aromatic N) is 1. The van der Waals surface area contributed by atoms with Crippen LogP contribution in [0.15, 0.2) is 67.0 Å². The number of hydrogen-bond acceptors (Lipinski definition) is 5. The van der Waals surface area contributed by atoms with Crippen LogP contribution in [0.1, 0.15) is 41.2 Å². The van der Waals surface area contributed by atoms with Gasteiger partial charge in [0.1, 0.15) is 11.5 Å². The van der Waals surface area contributed by atoms with Crippen molar-refractivity contribution in [2.75, 3.05) is 6.61 Å². The zero-order valence-corrected chi connectivity index (χ0v) is 17.1. The Balaban J connectivity index is 1.47. The minimum atomic E-state index is -0.446. The molecule has 5 nitrogen and oxygen atoms in total. The van der Waals surface area contributed by atoms with E-state index < -0.39 is 6.10 Å². The quantitative estimate of drug-likeness (QED) is 0.638. The maximum absolute atomic E-state index is 10.1. The van der Waals surface area contributed by atoms with E-state index in [4.69, 9.17) is 9.47 Å². The van der Waals surface area contributed by atoms with Gasteiger partial charge in [0.15, 0.2) is 0 Å². The highest BCUT2D eigenvalue weighted by atomic mass is 16.5. The fraction of sp³-hybridized carbons (Fsp3) is 0.320. The number of rotatable bonds is 6. The molecular weight excluding hydrogens is 378 g/mol. The summed E-state index contributed by atoms with van der Waals surface area (Å²) >= 11 is 0. The lowest BCUT2D eigenvalue weighted by atomic mass is 9.92. The Hall–Kier alpha value is -2.73. The molecule has 3 aromatic rings. The maximum atomic E-state index is 10.1. The Bertz CT molecular complexity index is 959. The van der Waals surface area contributed by atoms with Crippen LogP contribution in [-0.4, -0.2) is 34.0 Å². The third-order valence-corrected chi connectivity index (χ3v) is 5.51. The summed E-state index contributed by atoms with van der Waals surface area (Å²) in [5.74, 6) is 1.49. The maximum Gasteiger partial charge on any atom is 0.145 e. The van der Waals surface area contributed by atoms with Crippen molar-refractivity contribution in [2.24, 2.45) is 0 Å². The molecule has 156 valence electrons. The van der Waals surface area contributed by atoms with E-state index in [1.807, 2.05) is 24.3 Å². The highest BCUT2D eigenvalue weighted by molar-refractivity contribution is 5.38. The van der Waals surface area contributed by atoms with E-state index in [1.54, 1.807) is 12.4 Å². The van der Waals surface area contributed by atoms with Crippen LogP contribution in [0.5, 0.6) is 11.5 Å². The van der Waals surface area contributed by atoms with Crippen LogP contribution in [0, 0.1) is 6.92 Å². The second-order valence-corrected chi connectivity index (χ2v) is 7.85. The Morgan fingerprint density at radius 2 is 1.90 bits per heavy atom.